The van der Waals surface area contributed by atoms with Crippen molar-refractivity contribution in [1.29, 1.82) is 0 Å². The molecule has 0 heterocycles. The summed E-state index contributed by atoms with van der Waals surface area (Å²) in [4.78, 5) is 4.68. The number of anilines is 1. The van der Waals surface area contributed by atoms with Crippen molar-refractivity contribution < 1.29 is 5.11 Å². The highest BCUT2D eigenvalue weighted by Gasteiger charge is 2.40. The summed E-state index contributed by atoms with van der Waals surface area (Å²) in [5, 5.41) is 9.64. The summed E-state index contributed by atoms with van der Waals surface area (Å²) >= 11 is 3.63. The lowest BCUT2D eigenvalue weighted by Crippen LogP contribution is -2.56. The molecule has 1 aromatic rings. The minimum Gasteiger partial charge on any atom is -0.389 e. The summed E-state index contributed by atoms with van der Waals surface area (Å²) in [6, 6.07) is 6.11. The molecular weight excluding hydrogens is 316 g/mol. The molecule has 20 heavy (non-hydrogen) atoms. The van der Waals surface area contributed by atoms with Crippen LogP contribution < -0.4 is 4.90 Å². The summed E-state index contributed by atoms with van der Waals surface area (Å²) in [6.07, 6.45) is 3.45. The van der Waals surface area contributed by atoms with Crippen LogP contribution >= 0.6 is 15.9 Å². The van der Waals surface area contributed by atoms with E-state index < -0.39 is 6.10 Å². The van der Waals surface area contributed by atoms with Crippen molar-refractivity contribution >= 4 is 21.6 Å². The van der Waals surface area contributed by atoms with Crippen molar-refractivity contribution in [1.82, 2.24) is 4.90 Å². The fourth-order valence-electron chi connectivity index (χ4n) is 2.95. The quantitative estimate of drug-likeness (QED) is 0.889. The van der Waals surface area contributed by atoms with Gasteiger partial charge in [0.2, 0.25) is 0 Å². The van der Waals surface area contributed by atoms with Crippen LogP contribution in [0, 0.1) is 0 Å². The van der Waals surface area contributed by atoms with Crippen LogP contribution in [0.15, 0.2) is 22.7 Å². The number of aliphatic hydroxyl groups excluding tert-OH is 1. The number of hydrogen-bond donors (Lipinski definition) is 1. The van der Waals surface area contributed by atoms with Crippen LogP contribution in [0.25, 0.3) is 0 Å². The maximum absolute atomic E-state index is 9.64. The summed E-state index contributed by atoms with van der Waals surface area (Å²) in [6.45, 7) is 2.83. The van der Waals surface area contributed by atoms with Gasteiger partial charge in [-0.1, -0.05) is 6.07 Å². The molecule has 1 aromatic carbocycles. The largest absolute Gasteiger partial charge is 0.389 e. The Labute approximate surface area is 130 Å². The average Bonchev–Trinajstić information content (AvgIpc) is 2.32. The molecule has 1 atom stereocenters. The van der Waals surface area contributed by atoms with Gasteiger partial charge < -0.3 is 14.9 Å². The zero-order valence-corrected chi connectivity index (χ0v) is 14.4. The third-order valence-corrected chi connectivity index (χ3v) is 5.26. The number of hydrogen-bond acceptors (Lipinski definition) is 3. The summed E-state index contributed by atoms with van der Waals surface area (Å²) < 4.78 is 1.05. The van der Waals surface area contributed by atoms with E-state index in [0.29, 0.717) is 5.54 Å². The highest BCUT2D eigenvalue weighted by atomic mass is 79.9. The maximum atomic E-state index is 9.64. The second-order valence-electron chi connectivity index (χ2n) is 6.22. The first-order chi connectivity index (χ1) is 9.35. The number of nitrogens with zero attached hydrogens (tertiary/aromatic N) is 2. The predicted molar refractivity (Wildman–Crippen MR) is 88.3 cm³/mol. The van der Waals surface area contributed by atoms with E-state index in [1.54, 1.807) is 6.92 Å². The molecule has 112 valence electrons. The van der Waals surface area contributed by atoms with Crippen LogP contribution in [0.4, 0.5) is 5.69 Å². The Balaban J connectivity index is 2.15. The van der Waals surface area contributed by atoms with Gasteiger partial charge in [0.15, 0.2) is 0 Å². The first kappa shape index (κ1) is 15.8. The van der Waals surface area contributed by atoms with Crippen molar-refractivity contribution in [2.75, 3.05) is 32.6 Å². The van der Waals surface area contributed by atoms with Gasteiger partial charge in [0.1, 0.15) is 0 Å². The molecule has 0 bridgehead atoms. The normalized spacial score (nSPS) is 18.8. The average molecular weight is 341 g/mol. The van der Waals surface area contributed by atoms with E-state index in [1.807, 2.05) is 12.1 Å². The zero-order chi connectivity index (χ0) is 14.9. The molecule has 0 radical (unpaired) electrons. The van der Waals surface area contributed by atoms with Gasteiger partial charge in [0.25, 0.3) is 0 Å². The van der Waals surface area contributed by atoms with Gasteiger partial charge in [-0.2, -0.15) is 0 Å². The minimum atomic E-state index is -0.426. The van der Waals surface area contributed by atoms with Crippen LogP contribution in [0.3, 0.4) is 0 Å². The first-order valence-corrected chi connectivity index (χ1v) is 8.01. The molecule has 0 saturated heterocycles. The Bertz CT molecular complexity index is 470. The van der Waals surface area contributed by atoms with E-state index in [-0.39, 0.29) is 0 Å². The molecule has 1 fully saturated rings. The van der Waals surface area contributed by atoms with E-state index in [1.165, 1.54) is 24.9 Å². The maximum Gasteiger partial charge on any atom is 0.0762 e. The highest BCUT2D eigenvalue weighted by molar-refractivity contribution is 9.10. The van der Waals surface area contributed by atoms with E-state index in [9.17, 15) is 5.11 Å². The van der Waals surface area contributed by atoms with Gasteiger partial charge in [-0.25, -0.2) is 0 Å². The van der Waals surface area contributed by atoms with Crippen LogP contribution in [-0.2, 0) is 0 Å². The molecule has 1 N–H and O–H groups in total. The zero-order valence-electron chi connectivity index (χ0n) is 12.9. The SMILES string of the molecule is C[C@H](O)c1ccc(N(C)CC2(N(C)C)CCC2)c(Br)c1. The summed E-state index contributed by atoms with van der Waals surface area (Å²) in [5.74, 6) is 0. The van der Waals surface area contributed by atoms with Gasteiger partial charge in [0.05, 0.1) is 11.8 Å². The Morgan fingerprint density at radius 3 is 2.35 bits per heavy atom. The molecule has 2 rings (SSSR count). The Morgan fingerprint density at radius 2 is 1.95 bits per heavy atom. The van der Waals surface area contributed by atoms with Crippen molar-refractivity contribution in [3.8, 4) is 0 Å². The Morgan fingerprint density at radius 1 is 1.30 bits per heavy atom. The van der Waals surface area contributed by atoms with Gasteiger partial charge in [-0.15, -0.1) is 0 Å². The van der Waals surface area contributed by atoms with E-state index in [2.05, 4.69) is 52.9 Å². The van der Waals surface area contributed by atoms with Gasteiger partial charge >= 0.3 is 0 Å². The van der Waals surface area contributed by atoms with E-state index in [0.717, 1.165) is 16.6 Å². The number of likely N-dealkylation sites (N-methyl/N-ethyl adjacent to an activating group) is 2. The summed E-state index contributed by atoms with van der Waals surface area (Å²) in [7, 11) is 6.50. The molecule has 4 heteroatoms. The third kappa shape index (κ3) is 3.02. The molecule has 0 spiro atoms. The van der Waals surface area contributed by atoms with E-state index in [4.69, 9.17) is 0 Å². The second-order valence-corrected chi connectivity index (χ2v) is 7.07. The standard InChI is InChI=1S/C16H25BrN2O/c1-12(20)13-6-7-15(14(17)10-13)19(4)11-16(18(2)3)8-5-9-16/h6-7,10,12,20H,5,8-9,11H2,1-4H3/t12-/m0/s1. The van der Waals surface area contributed by atoms with Crippen molar-refractivity contribution in [2.24, 2.45) is 0 Å². The van der Waals surface area contributed by atoms with E-state index >= 15 is 0 Å². The predicted octanol–water partition coefficient (Wildman–Crippen LogP) is 3.42. The highest BCUT2D eigenvalue weighted by Crippen LogP contribution is 2.38. The van der Waals surface area contributed by atoms with Gasteiger partial charge in [-0.3, -0.25) is 0 Å². The van der Waals surface area contributed by atoms with Crippen molar-refractivity contribution in [2.45, 2.75) is 37.8 Å². The second kappa shape index (κ2) is 6.04. The van der Waals surface area contributed by atoms with Crippen molar-refractivity contribution in [3.63, 3.8) is 0 Å². The topological polar surface area (TPSA) is 26.7 Å². The Hall–Kier alpha value is -0.580. The first-order valence-electron chi connectivity index (χ1n) is 7.22. The third-order valence-electron chi connectivity index (χ3n) is 4.63. The number of benzene rings is 1. The van der Waals surface area contributed by atoms with Gasteiger partial charge in [-0.05, 0) is 73.9 Å². The molecule has 0 amide bonds. The smallest absolute Gasteiger partial charge is 0.0762 e. The van der Waals surface area contributed by atoms with Crippen LogP contribution in [0.1, 0.15) is 37.9 Å². The lowest BCUT2D eigenvalue weighted by Gasteiger charge is -2.49. The molecule has 0 unspecified atom stereocenters. The van der Waals surface area contributed by atoms with Crippen molar-refractivity contribution in [3.05, 3.63) is 28.2 Å². The van der Waals surface area contributed by atoms with Crippen LogP contribution in [0.5, 0.6) is 0 Å². The lowest BCUT2D eigenvalue weighted by atomic mass is 9.75. The Kier molecular flexibility index (Phi) is 4.77. The monoisotopic (exact) mass is 340 g/mol. The lowest BCUT2D eigenvalue weighted by molar-refractivity contribution is 0.0683. The summed E-state index contributed by atoms with van der Waals surface area (Å²) in [5.41, 5.74) is 2.44. The number of rotatable bonds is 5. The number of aliphatic hydroxyl groups is 1. The molecule has 1 saturated carbocycles. The molecule has 3 nitrogen and oxygen atoms in total. The van der Waals surface area contributed by atoms with Gasteiger partial charge in [0, 0.05) is 23.6 Å². The fraction of sp³-hybridized carbons (Fsp3) is 0.625. The molecule has 1 aliphatic rings. The minimum absolute atomic E-state index is 0.317. The van der Waals surface area contributed by atoms with Crippen LogP contribution in [-0.4, -0.2) is 43.2 Å². The molecule has 1 aliphatic carbocycles. The molecular formula is C16H25BrN2O. The molecule has 0 aromatic heterocycles. The molecule has 0 aliphatic heterocycles. The fourth-order valence-corrected chi connectivity index (χ4v) is 3.65. The number of halogens is 1. The van der Waals surface area contributed by atoms with Crippen LogP contribution in [0.2, 0.25) is 0 Å².